The lowest BCUT2D eigenvalue weighted by Gasteiger charge is -1.85. The van der Waals surface area contributed by atoms with Gasteiger partial charge in [0.05, 0.1) is 0 Å². The van der Waals surface area contributed by atoms with E-state index in [0.29, 0.717) is 5.57 Å². The minimum Gasteiger partial charge on any atom is -0.478 e. The standard InChI is InChI=1S/C8H8.C5H8O2.C4H6/c1-2-8-6-4-3-5-7-8;1-3-4(2)5(6)7;1-3-4-2/h2-7H,1H2;3H,1-2H3,(H,6,7);3-4H,1-2H2/b;4-3+;. The maximum Gasteiger partial charge on any atom is 0.330 e. The van der Waals surface area contributed by atoms with Gasteiger partial charge in [0.15, 0.2) is 0 Å². The molecule has 0 fully saturated rings. The Hall–Kier alpha value is -2.35. The van der Waals surface area contributed by atoms with Gasteiger partial charge in [-0.15, -0.1) is 0 Å². The van der Waals surface area contributed by atoms with Crippen molar-refractivity contribution in [3.8, 4) is 0 Å². The predicted octanol–water partition coefficient (Wildman–Crippen LogP) is 4.73. The molecule has 2 heteroatoms. The Morgan fingerprint density at radius 2 is 1.58 bits per heavy atom. The monoisotopic (exact) mass is 258 g/mol. The molecule has 2 nitrogen and oxygen atoms in total. The summed E-state index contributed by atoms with van der Waals surface area (Å²) in [6.07, 6.45) is 6.67. The highest BCUT2D eigenvalue weighted by atomic mass is 16.4. The van der Waals surface area contributed by atoms with Gasteiger partial charge >= 0.3 is 5.97 Å². The smallest absolute Gasteiger partial charge is 0.330 e. The number of benzene rings is 1. The molecular weight excluding hydrogens is 236 g/mol. The summed E-state index contributed by atoms with van der Waals surface area (Å²) in [5, 5.41) is 8.11. The average molecular weight is 258 g/mol. The Kier molecular flexibility index (Phi) is 13.7. The van der Waals surface area contributed by atoms with Crippen molar-refractivity contribution in [2.24, 2.45) is 0 Å². The van der Waals surface area contributed by atoms with Crippen molar-refractivity contribution in [2.75, 3.05) is 0 Å². The molecule has 0 saturated heterocycles. The highest BCUT2D eigenvalue weighted by Crippen LogP contribution is 1.97. The van der Waals surface area contributed by atoms with Crippen LogP contribution in [0.25, 0.3) is 6.08 Å². The van der Waals surface area contributed by atoms with E-state index in [1.54, 1.807) is 32.1 Å². The Labute approximate surface area is 116 Å². The number of carbonyl (C=O) groups is 1. The third kappa shape index (κ3) is 13.6. The topological polar surface area (TPSA) is 37.3 Å². The molecule has 0 unspecified atom stereocenters. The van der Waals surface area contributed by atoms with Gasteiger partial charge in [-0.05, 0) is 19.4 Å². The fourth-order valence-electron chi connectivity index (χ4n) is 0.713. The summed E-state index contributed by atoms with van der Waals surface area (Å²) in [7, 11) is 0. The summed E-state index contributed by atoms with van der Waals surface area (Å²) in [4.78, 5) is 9.86. The van der Waals surface area contributed by atoms with Crippen LogP contribution in [0.5, 0.6) is 0 Å². The molecule has 0 aliphatic rings. The quantitative estimate of drug-likeness (QED) is 0.629. The minimum atomic E-state index is -0.845. The van der Waals surface area contributed by atoms with Crippen LogP contribution in [0.1, 0.15) is 19.4 Å². The van der Waals surface area contributed by atoms with Gasteiger partial charge in [-0.1, -0.05) is 74.4 Å². The first-order valence-corrected chi connectivity index (χ1v) is 5.80. The largest absolute Gasteiger partial charge is 0.478 e. The summed E-state index contributed by atoms with van der Waals surface area (Å²) >= 11 is 0. The Morgan fingerprint density at radius 1 is 1.11 bits per heavy atom. The number of hydrogen-bond acceptors (Lipinski definition) is 1. The van der Waals surface area contributed by atoms with Crippen molar-refractivity contribution in [1.29, 1.82) is 0 Å². The van der Waals surface area contributed by atoms with Crippen LogP contribution in [-0.4, -0.2) is 11.1 Å². The van der Waals surface area contributed by atoms with Crippen LogP contribution in [-0.2, 0) is 4.79 Å². The molecule has 0 heterocycles. The predicted molar refractivity (Wildman–Crippen MR) is 84.0 cm³/mol. The van der Waals surface area contributed by atoms with E-state index in [2.05, 4.69) is 19.7 Å². The van der Waals surface area contributed by atoms with Crippen LogP contribution in [0.4, 0.5) is 0 Å². The molecule has 1 aromatic rings. The SMILES string of the molecule is C/C=C(\C)C(=O)O.C=CC=C.C=Cc1ccccc1. The van der Waals surface area contributed by atoms with E-state index < -0.39 is 5.97 Å². The van der Waals surface area contributed by atoms with E-state index in [4.69, 9.17) is 5.11 Å². The lowest BCUT2D eigenvalue weighted by molar-refractivity contribution is -0.132. The van der Waals surface area contributed by atoms with Gasteiger partial charge in [-0.2, -0.15) is 0 Å². The summed E-state index contributed by atoms with van der Waals surface area (Å²) in [5.41, 5.74) is 1.56. The summed E-state index contributed by atoms with van der Waals surface area (Å²) in [6, 6.07) is 10.0. The fourth-order valence-corrected chi connectivity index (χ4v) is 0.713. The Bertz CT molecular complexity index is 408. The maximum absolute atomic E-state index is 9.86. The van der Waals surface area contributed by atoms with Gasteiger partial charge in [0.2, 0.25) is 0 Å². The minimum absolute atomic E-state index is 0.389. The molecule has 0 saturated carbocycles. The molecule has 1 rings (SSSR count). The number of allylic oxidation sites excluding steroid dienone is 3. The van der Waals surface area contributed by atoms with Crippen LogP contribution in [0, 0.1) is 0 Å². The van der Waals surface area contributed by atoms with Gasteiger partial charge in [0.1, 0.15) is 0 Å². The number of aliphatic carboxylic acids is 1. The van der Waals surface area contributed by atoms with Crippen molar-refractivity contribution in [3.05, 3.63) is 79.4 Å². The molecule has 0 aliphatic carbocycles. The van der Waals surface area contributed by atoms with Crippen LogP contribution in [0.2, 0.25) is 0 Å². The van der Waals surface area contributed by atoms with E-state index in [9.17, 15) is 4.79 Å². The first-order chi connectivity index (χ1) is 9.03. The fraction of sp³-hybridized carbons (Fsp3) is 0.118. The Morgan fingerprint density at radius 3 is 1.74 bits per heavy atom. The Balaban J connectivity index is 0. The second-order valence-electron chi connectivity index (χ2n) is 3.36. The van der Waals surface area contributed by atoms with E-state index >= 15 is 0 Å². The van der Waals surface area contributed by atoms with E-state index in [-0.39, 0.29) is 0 Å². The molecule has 0 aromatic heterocycles. The summed E-state index contributed by atoms with van der Waals surface area (Å²) < 4.78 is 0. The van der Waals surface area contributed by atoms with E-state index in [0.717, 1.165) is 0 Å². The van der Waals surface area contributed by atoms with Gasteiger partial charge in [-0.25, -0.2) is 4.79 Å². The normalized spacial score (nSPS) is 8.84. The summed E-state index contributed by atoms with van der Waals surface area (Å²) in [5.74, 6) is -0.845. The van der Waals surface area contributed by atoms with E-state index in [1.165, 1.54) is 5.56 Å². The van der Waals surface area contributed by atoms with Crippen LogP contribution < -0.4 is 0 Å². The van der Waals surface area contributed by atoms with Gasteiger partial charge in [0, 0.05) is 5.57 Å². The number of carboxylic acid groups (broad SMARTS) is 1. The highest BCUT2D eigenvalue weighted by molar-refractivity contribution is 5.85. The molecule has 0 radical (unpaired) electrons. The van der Waals surface area contributed by atoms with E-state index in [1.807, 2.05) is 36.4 Å². The zero-order chi connectivity index (χ0) is 15.1. The highest BCUT2D eigenvalue weighted by Gasteiger charge is 1.93. The molecule has 1 N–H and O–H groups in total. The molecule has 102 valence electrons. The van der Waals surface area contributed by atoms with Crippen LogP contribution in [0.15, 0.2) is 73.9 Å². The van der Waals surface area contributed by atoms with Crippen LogP contribution >= 0.6 is 0 Å². The molecular formula is C17H22O2. The lowest BCUT2D eigenvalue weighted by atomic mass is 10.2. The molecule has 0 bridgehead atoms. The first kappa shape index (κ1) is 19.0. The summed E-state index contributed by atoms with van der Waals surface area (Å²) in [6.45, 7) is 13.6. The van der Waals surface area contributed by atoms with Gasteiger partial charge in [0.25, 0.3) is 0 Å². The van der Waals surface area contributed by atoms with Crippen molar-refractivity contribution in [2.45, 2.75) is 13.8 Å². The number of carboxylic acids is 1. The zero-order valence-electron chi connectivity index (χ0n) is 11.7. The van der Waals surface area contributed by atoms with Crippen molar-refractivity contribution in [1.82, 2.24) is 0 Å². The average Bonchev–Trinajstić information content (AvgIpc) is 2.48. The molecule has 0 amide bonds. The molecule has 1 aromatic carbocycles. The first-order valence-electron chi connectivity index (χ1n) is 5.80. The molecule has 0 aliphatic heterocycles. The van der Waals surface area contributed by atoms with Gasteiger partial charge < -0.3 is 5.11 Å². The maximum atomic E-state index is 9.86. The molecule has 0 spiro atoms. The second kappa shape index (κ2) is 13.7. The van der Waals surface area contributed by atoms with Crippen molar-refractivity contribution >= 4 is 12.0 Å². The van der Waals surface area contributed by atoms with Gasteiger partial charge in [-0.3, -0.25) is 0 Å². The lowest BCUT2D eigenvalue weighted by Crippen LogP contribution is -1.93. The third-order valence-corrected chi connectivity index (χ3v) is 1.97. The van der Waals surface area contributed by atoms with Crippen LogP contribution in [0.3, 0.4) is 0 Å². The zero-order valence-corrected chi connectivity index (χ0v) is 11.7. The molecule has 19 heavy (non-hydrogen) atoms. The van der Waals surface area contributed by atoms with Crippen molar-refractivity contribution < 1.29 is 9.90 Å². The number of rotatable bonds is 3. The third-order valence-electron chi connectivity index (χ3n) is 1.97. The molecule has 0 atom stereocenters. The number of hydrogen-bond donors (Lipinski definition) is 1. The second-order valence-corrected chi connectivity index (χ2v) is 3.36. The van der Waals surface area contributed by atoms with Crippen molar-refractivity contribution in [3.63, 3.8) is 0 Å².